The predicted octanol–water partition coefficient (Wildman–Crippen LogP) is 0.768. The largest absolute Gasteiger partial charge is 0.396 e. The number of hydrogen-bond acceptors (Lipinski definition) is 4. The molecule has 90 valence electrons. The molecular formula is C11H18N2O2S. The number of carbonyl (C=O) groups excluding carboxylic acids is 1. The first-order chi connectivity index (χ1) is 7.77. The fourth-order valence-electron chi connectivity index (χ4n) is 2.11. The zero-order valence-electron chi connectivity index (χ0n) is 9.32. The van der Waals surface area contributed by atoms with Crippen LogP contribution in [0.5, 0.6) is 0 Å². The molecule has 1 aliphatic rings. The van der Waals surface area contributed by atoms with Crippen LogP contribution in [0.25, 0.3) is 0 Å². The van der Waals surface area contributed by atoms with Crippen LogP contribution < -0.4 is 5.32 Å². The number of aliphatic hydroxyl groups is 1. The molecule has 1 saturated carbocycles. The molecule has 0 heterocycles. The van der Waals surface area contributed by atoms with Crippen molar-refractivity contribution in [3.05, 3.63) is 0 Å². The quantitative estimate of drug-likeness (QED) is 0.675. The minimum Gasteiger partial charge on any atom is -0.396 e. The van der Waals surface area contributed by atoms with Gasteiger partial charge in [0.2, 0.25) is 5.91 Å². The predicted molar refractivity (Wildman–Crippen MR) is 63.9 cm³/mol. The molecule has 2 N–H and O–H groups in total. The van der Waals surface area contributed by atoms with E-state index in [-0.39, 0.29) is 12.5 Å². The third-order valence-corrected chi connectivity index (χ3v) is 3.81. The maximum atomic E-state index is 11.4. The number of carbonyl (C=O) groups is 1. The fraction of sp³-hybridized carbons (Fsp3) is 0.818. The van der Waals surface area contributed by atoms with Crippen molar-refractivity contribution < 1.29 is 9.90 Å². The summed E-state index contributed by atoms with van der Waals surface area (Å²) in [4.78, 5) is 11.4. The number of nitrogens with one attached hydrogen (secondary N) is 1. The molecule has 0 radical (unpaired) electrons. The van der Waals surface area contributed by atoms with Crippen molar-refractivity contribution >= 4 is 17.7 Å². The molecule has 1 aliphatic carbocycles. The maximum absolute atomic E-state index is 11.4. The van der Waals surface area contributed by atoms with Gasteiger partial charge in [-0.05, 0) is 24.7 Å². The minimum atomic E-state index is -0.0103. The molecule has 0 aliphatic heterocycles. The van der Waals surface area contributed by atoms with E-state index in [1.165, 1.54) is 11.8 Å². The monoisotopic (exact) mass is 242 g/mol. The highest BCUT2D eigenvalue weighted by Crippen LogP contribution is 2.30. The Morgan fingerprint density at radius 2 is 2.25 bits per heavy atom. The van der Waals surface area contributed by atoms with Crippen LogP contribution in [0, 0.1) is 23.2 Å². The molecule has 0 aromatic rings. The van der Waals surface area contributed by atoms with Gasteiger partial charge in [-0.3, -0.25) is 4.79 Å². The molecule has 0 spiro atoms. The van der Waals surface area contributed by atoms with E-state index in [9.17, 15) is 4.79 Å². The number of thioether (sulfide) groups is 1. The number of amides is 1. The molecule has 1 rings (SSSR count). The van der Waals surface area contributed by atoms with E-state index >= 15 is 0 Å². The second kappa shape index (κ2) is 7.53. The van der Waals surface area contributed by atoms with Crippen molar-refractivity contribution in [3.8, 4) is 6.07 Å². The van der Waals surface area contributed by atoms with Crippen molar-refractivity contribution in [1.29, 1.82) is 5.26 Å². The Balaban J connectivity index is 2.14. The Labute approximate surface area is 100 Å². The lowest BCUT2D eigenvalue weighted by molar-refractivity contribution is -0.118. The Bertz CT molecular complexity index is 265. The van der Waals surface area contributed by atoms with Gasteiger partial charge in [-0.2, -0.15) is 5.26 Å². The molecule has 1 fully saturated rings. The van der Waals surface area contributed by atoms with E-state index in [2.05, 4.69) is 5.32 Å². The highest BCUT2D eigenvalue weighted by Gasteiger charge is 2.26. The molecule has 0 aromatic carbocycles. The van der Waals surface area contributed by atoms with Crippen molar-refractivity contribution in [2.24, 2.45) is 11.8 Å². The zero-order valence-corrected chi connectivity index (χ0v) is 10.1. The van der Waals surface area contributed by atoms with Gasteiger partial charge < -0.3 is 10.4 Å². The molecule has 5 heteroatoms. The minimum absolute atomic E-state index is 0.0103. The summed E-state index contributed by atoms with van der Waals surface area (Å²) >= 11 is 1.33. The number of nitriles is 1. The van der Waals surface area contributed by atoms with Gasteiger partial charge in [0.25, 0.3) is 0 Å². The van der Waals surface area contributed by atoms with E-state index < -0.39 is 0 Å². The van der Waals surface area contributed by atoms with Crippen molar-refractivity contribution in [1.82, 2.24) is 5.32 Å². The number of nitrogens with zero attached hydrogens (tertiary/aromatic N) is 1. The van der Waals surface area contributed by atoms with Gasteiger partial charge in [0.1, 0.15) is 0 Å². The van der Waals surface area contributed by atoms with Gasteiger partial charge in [-0.1, -0.05) is 6.42 Å². The van der Waals surface area contributed by atoms with E-state index in [1.807, 2.05) is 6.07 Å². The standard InChI is InChI=1S/C11H18N2O2S/c12-4-5-16-8-11(15)13-6-9-2-1-3-10(9)7-14/h9-10,14H,1-3,5-8H2,(H,13,15). The summed E-state index contributed by atoms with van der Waals surface area (Å²) in [6, 6.07) is 1.99. The van der Waals surface area contributed by atoms with Gasteiger partial charge in [-0.25, -0.2) is 0 Å². The highest BCUT2D eigenvalue weighted by molar-refractivity contribution is 8.00. The average Bonchev–Trinajstić information content (AvgIpc) is 2.74. The fourth-order valence-corrected chi connectivity index (χ4v) is 2.59. The van der Waals surface area contributed by atoms with Crippen LogP contribution in [0.3, 0.4) is 0 Å². The first-order valence-electron chi connectivity index (χ1n) is 5.60. The van der Waals surface area contributed by atoms with Gasteiger partial charge >= 0.3 is 0 Å². The van der Waals surface area contributed by atoms with E-state index in [4.69, 9.17) is 10.4 Å². The number of rotatable bonds is 6. The lowest BCUT2D eigenvalue weighted by Crippen LogP contribution is -2.32. The first kappa shape index (κ1) is 13.3. The smallest absolute Gasteiger partial charge is 0.230 e. The molecule has 16 heavy (non-hydrogen) atoms. The summed E-state index contributed by atoms with van der Waals surface area (Å²) < 4.78 is 0. The number of hydrogen-bond donors (Lipinski definition) is 2. The van der Waals surface area contributed by atoms with Crippen LogP contribution in [0.15, 0.2) is 0 Å². The molecular weight excluding hydrogens is 224 g/mol. The summed E-state index contributed by atoms with van der Waals surface area (Å²) in [6.07, 6.45) is 3.31. The lowest BCUT2D eigenvalue weighted by atomic mass is 9.97. The van der Waals surface area contributed by atoms with Crippen molar-refractivity contribution in [2.75, 3.05) is 24.7 Å². The Morgan fingerprint density at radius 3 is 2.94 bits per heavy atom. The van der Waals surface area contributed by atoms with Gasteiger partial charge in [0.05, 0.1) is 17.6 Å². The molecule has 0 aromatic heterocycles. The van der Waals surface area contributed by atoms with Crippen LogP contribution in [0.2, 0.25) is 0 Å². The second-order valence-corrected chi connectivity index (χ2v) is 5.07. The molecule has 2 unspecified atom stereocenters. The molecule has 1 amide bonds. The maximum Gasteiger partial charge on any atom is 0.230 e. The zero-order chi connectivity index (χ0) is 11.8. The van der Waals surface area contributed by atoms with Crippen LogP contribution >= 0.6 is 11.8 Å². The SMILES string of the molecule is N#CCSCC(=O)NCC1CCCC1CO. The molecule has 0 bridgehead atoms. The second-order valence-electron chi connectivity index (χ2n) is 4.09. The van der Waals surface area contributed by atoms with Gasteiger partial charge in [-0.15, -0.1) is 11.8 Å². The summed E-state index contributed by atoms with van der Waals surface area (Å²) in [7, 11) is 0. The first-order valence-corrected chi connectivity index (χ1v) is 6.75. The third-order valence-electron chi connectivity index (χ3n) is 3.01. The molecule has 4 nitrogen and oxygen atoms in total. The Hall–Kier alpha value is -0.730. The Morgan fingerprint density at radius 1 is 1.50 bits per heavy atom. The molecule has 0 saturated heterocycles. The summed E-state index contributed by atoms with van der Waals surface area (Å²) in [5.41, 5.74) is 0. The third kappa shape index (κ3) is 4.42. The summed E-state index contributed by atoms with van der Waals surface area (Å²) in [6.45, 7) is 0.890. The van der Waals surface area contributed by atoms with Crippen LogP contribution in [0.1, 0.15) is 19.3 Å². The van der Waals surface area contributed by atoms with E-state index in [0.717, 1.165) is 19.3 Å². The summed E-state index contributed by atoms with van der Waals surface area (Å²) in [5, 5.41) is 20.3. The van der Waals surface area contributed by atoms with E-state index in [0.29, 0.717) is 29.9 Å². The van der Waals surface area contributed by atoms with Crippen LogP contribution in [0.4, 0.5) is 0 Å². The molecule has 2 atom stereocenters. The van der Waals surface area contributed by atoms with E-state index in [1.54, 1.807) is 0 Å². The van der Waals surface area contributed by atoms with Gasteiger partial charge in [0.15, 0.2) is 0 Å². The van der Waals surface area contributed by atoms with Crippen molar-refractivity contribution in [2.45, 2.75) is 19.3 Å². The topological polar surface area (TPSA) is 73.1 Å². The van der Waals surface area contributed by atoms with Crippen molar-refractivity contribution in [3.63, 3.8) is 0 Å². The summed E-state index contributed by atoms with van der Waals surface area (Å²) in [5.74, 6) is 1.48. The lowest BCUT2D eigenvalue weighted by Gasteiger charge is -2.17. The average molecular weight is 242 g/mol. The number of aliphatic hydroxyl groups excluding tert-OH is 1. The van der Waals surface area contributed by atoms with Gasteiger partial charge in [0, 0.05) is 13.2 Å². The Kier molecular flexibility index (Phi) is 6.27. The highest BCUT2D eigenvalue weighted by atomic mass is 32.2. The van der Waals surface area contributed by atoms with Crippen LogP contribution in [-0.2, 0) is 4.79 Å². The normalized spacial score (nSPS) is 24.0. The van der Waals surface area contributed by atoms with Crippen LogP contribution in [-0.4, -0.2) is 35.7 Å².